The molecule has 0 aromatic rings. The molecule has 6 aliphatic rings. The number of aliphatic hydroxyl groups is 10. The van der Waals surface area contributed by atoms with Gasteiger partial charge in [-0.2, -0.15) is 0 Å². The zero-order valence-corrected chi connectivity index (χ0v) is 23.9. The molecular weight excluding hydrogens is 635 g/mol. The molecule has 12 N–H and O–H groups in total. The van der Waals surface area contributed by atoms with Crippen LogP contribution in [0.1, 0.15) is 0 Å². The Morgan fingerprint density at radius 3 is 1.83 bits per heavy atom. The van der Waals surface area contributed by atoms with E-state index in [4.69, 9.17) is 42.6 Å². The molecule has 6 saturated heterocycles. The number of hydrogen-bond acceptors (Lipinski definition) is 21. The number of aliphatic hydroxyl groups excluding tert-OH is 10. The molecule has 264 valence electrons. The van der Waals surface area contributed by atoms with Crippen LogP contribution in [-0.4, -0.2) is 217 Å². The van der Waals surface area contributed by atoms with E-state index in [0.717, 1.165) is 0 Å². The first-order chi connectivity index (χ1) is 21.8. The molecule has 0 amide bonds. The lowest BCUT2D eigenvalue weighted by Gasteiger charge is -2.50. The maximum Gasteiger partial charge on any atom is 0.518 e. The van der Waals surface area contributed by atoms with Gasteiger partial charge in [-0.15, -0.1) is 0 Å². The van der Waals surface area contributed by atoms with Crippen LogP contribution in [0.5, 0.6) is 0 Å². The Kier molecular flexibility index (Phi) is 10.3. The van der Waals surface area contributed by atoms with Crippen molar-refractivity contribution >= 4 is 7.12 Å². The van der Waals surface area contributed by atoms with E-state index in [0.29, 0.717) is 0 Å². The van der Waals surface area contributed by atoms with E-state index < -0.39 is 143 Å². The van der Waals surface area contributed by atoms with Gasteiger partial charge in [0.2, 0.25) is 5.69 Å². The van der Waals surface area contributed by atoms with Gasteiger partial charge in [-0.3, -0.25) is 0 Å². The predicted molar refractivity (Wildman–Crippen MR) is 136 cm³/mol. The van der Waals surface area contributed by atoms with Crippen molar-refractivity contribution < 1.29 is 104 Å². The first-order valence-electron chi connectivity index (χ1n) is 14.7. The summed E-state index contributed by atoms with van der Waals surface area (Å²) in [6.07, 6.45) is -29.3. The molecule has 0 spiro atoms. The average molecular weight is 674 g/mol. The molecule has 0 aromatic heterocycles. The first-order valence-corrected chi connectivity index (χ1v) is 14.7. The SMILES string of the molecule is OC[C@H]1O[C@](O[C@@H]2[C@H]3OC[C@@H]2O[C@@H](O[C@@H]2[C@@H](O)[C@H](O[C@@H]4[C@H]5OC[C@@H]4O[C@@H](O)[C@H]5O)O[C@H](CO)[C@H]2O)[C@H]3O)(B(O)O)[C@H](O)[C@@H](O)[C@H]1O. The van der Waals surface area contributed by atoms with Gasteiger partial charge >= 0.3 is 7.12 Å². The van der Waals surface area contributed by atoms with Crippen molar-refractivity contribution in [3.63, 3.8) is 0 Å². The molecule has 6 heterocycles. The summed E-state index contributed by atoms with van der Waals surface area (Å²) in [6.45, 7) is -2.01. The fourth-order valence-electron chi connectivity index (χ4n) is 6.67. The van der Waals surface area contributed by atoms with E-state index in [-0.39, 0.29) is 13.2 Å². The summed E-state index contributed by atoms with van der Waals surface area (Å²) >= 11 is 0. The van der Waals surface area contributed by atoms with Crippen molar-refractivity contribution in [2.45, 2.75) is 122 Å². The number of ether oxygens (including phenoxy) is 9. The highest BCUT2D eigenvalue weighted by Crippen LogP contribution is 2.41. The van der Waals surface area contributed by atoms with Gasteiger partial charge in [-0.25, -0.2) is 0 Å². The third kappa shape index (κ3) is 5.80. The monoisotopic (exact) mass is 674 g/mol. The molecule has 21 nitrogen and oxygen atoms in total. The minimum absolute atomic E-state index is 0.0523. The topological polar surface area (TPSA) is 326 Å². The number of hydrogen-bond donors (Lipinski definition) is 12. The highest BCUT2D eigenvalue weighted by molar-refractivity contribution is 6.44. The summed E-state index contributed by atoms with van der Waals surface area (Å²) in [5.41, 5.74) is -2.85. The van der Waals surface area contributed by atoms with Gasteiger partial charge in [0.15, 0.2) is 18.9 Å². The van der Waals surface area contributed by atoms with Crippen molar-refractivity contribution in [1.29, 1.82) is 0 Å². The summed E-state index contributed by atoms with van der Waals surface area (Å²) in [4.78, 5) is 0. The van der Waals surface area contributed by atoms with Crippen LogP contribution in [0.25, 0.3) is 0 Å². The maximum atomic E-state index is 11.1. The van der Waals surface area contributed by atoms with E-state index in [1.165, 1.54) is 0 Å². The highest BCUT2D eigenvalue weighted by Gasteiger charge is 2.65. The molecule has 6 fully saturated rings. The lowest BCUT2D eigenvalue weighted by molar-refractivity contribution is -0.382. The minimum Gasteiger partial charge on any atom is -0.424 e. The van der Waals surface area contributed by atoms with Crippen LogP contribution in [0.2, 0.25) is 0 Å². The standard InChI is InChI=1S/C24H39BO21/c26-1-5-10(29)17(13(32)22(41-5)43-15-7-3-38-18(15)12(31)21(35)40-7)44-23-14(33)19-16(8(42-23)4-39-19)46-24(25(36)37)20(34)11(30)9(28)6(2-27)45-24/h5-23,26-37H,1-4H2/t5-,6-,7+,8+,9+,10-,11+,12+,13-,14+,15+,16+,17+,18+,19+,20-,21-,22+,23+,24-/m1/s1. The van der Waals surface area contributed by atoms with Crippen LogP contribution in [0.3, 0.4) is 0 Å². The van der Waals surface area contributed by atoms with E-state index in [2.05, 4.69) is 0 Å². The molecule has 4 bridgehead atoms. The number of rotatable bonds is 9. The first kappa shape index (κ1) is 35.1. The van der Waals surface area contributed by atoms with E-state index in [9.17, 15) is 61.1 Å². The fourth-order valence-corrected chi connectivity index (χ4v) is 6.67. The van der Waals surface area contributed by atoms with E-state index in [1.54, 1.807) is 0 Å². The molecule has 0 aliphatic carbocycles. The minimum atomic E-state index is -2.85. The lowest BCUT2D eigenvalue weighted by Crippen LogP contribution is -2.74. The second-order valence-electron chi connectivity index (χ2n) is 12.0. The Hall–Kier alpha value is -0.775. The molecule has 22 heteroatoms. The highest BCUT2D eigenvalue weighted by atomic mass is 16.8. The smallest absolute Gasteiger partial charge is 0.424 e. The summed E-state index contributed by atoms with van der Waals surface area (Å²) < 4.78 is 50.2. The fraction of sp³-hybridized carbons (Fsp3) is 1.00. The Morgan fingerprint density at radius 2 is 1.20 bits per heavy atom. The van der Waals surface area contributed by atoms with Gasteiger partial charge in [0.1, 0.15) is 97.7 Å². The van der Waals surface area contributed by atoms with E-state index in [1.807, 2.05) is 0 Å². The molecule has 0 radical (unpaired) electrons. The Balaban J connectivity index is 1.16. The third-order valence-corrected chi connectivity index (χ3v) is 9.22. The van der Waals surface area contributed by atoms with Gasteiger partial charge < -0.3 is 104 Å². The maximum absolute atomic E-state index is 11.1. The molecule has 20 atom stereocenters. The summed E-state index contributed by atoms with van der Waals surface area (Å²) in [5, 5.41) is 124. The molecular formula is C24H39BO21. The van der Waals surface area contributed by atoms with Crippen LogP contribution < -0.4 is 0 Å². The summed E-state index contributed by atoms with van der Waals surface area (Å²) in [7, 11) is -2.65. The molecule has 6 rings (SSSR count). The Morgan fingerprint density at radius 1 is 0.609 bits per heavy atom. The predicted octanol–water partition coefficient (Wildman–Crippen LogP) is -9.28. The molecule has 0 aromatic carbocycles. The zero-order chi connectivity index (χ0) is 33.2. The number of fused-ring (bicyclic) bond motifs is 4. The Labute approximate surface area is 260 Å². The van der Waals surface area contributed by atoms with E-state index >= 15 is 0 Å². The molecule has 6 aliphatic heterocycles. The van der Waals surface area contributed by atoms with Gasteiger partial charge in [0.25, 0.3) is 0 Å². The summed E-state index contributed by atoms with van der Waals surface area (Å²) in [6, 6.07) is 0. The van der Waals surface area contributed by atoms with Crippen molar-refractivity contribution in [2.24, 2.45) is 0 Å². The zero-order valence-electron chi connectivity index (χ0n) is 23.9. The summed E-state index contributed by atoms with van der Waals surface area (Å²) in [5.74, 6) is 0. The van der Waals surface area contributed by atoms with Crippen molar-refractivity contribution in [3.05, 3.63) is 0 Å². The molecule has 0 unspecified atom stereocenters. The van der Waals surface area contributed by atoms with Crippen LogP contribution in [0, 0.1) is 0 Å². The van der Waals surface area contributed by atoms with Crippen molar-refractivity contribution in [1.82, 2.24) is 0 Å². The third-order valence-electron chi connectivity index (χ3n) is 9.22. The van der Waals surface area contributed by atoms with Gasteiger partial charge in [-0.05, 0) is 0 Å². The van der Waals surface area contributed by atoms with Gasteiger partial charge in [-0.1, -0.05) is 0 Å². The normalized spacial score (nSPS) is 55.4. The lowest BCUT2D eigenvalue weighted by atomic mass is 9.69. The van der Waals surface area contributed by atoms with Crippen molar-refractivity contribution in [2.75, 3.05) is 26.4 Å². The molecule has 0 saturated carbocycles. The van der Waals surface area contributed by atoms with Crippen LogP contribution in [-0.2, 0) is 42.6 Å². The largest absolute Gasteiger partial charge is 0.518 e. The second-order valence-corrected chi connectivity index (χ2v) is 12.0. The Bertz CT molecular complexity index is 1040. The second kappa shape index (κ2) is 13.5. The van der Waals surface area contributed by atoms with Crippen LogP contribution in [0.4, 0.5) is 0 Å². The van der Waals surface area contributed by atoms with Gasteiger partial charge in [0, 0.05) is 0 Å². The molecule has 46 heavy (non-hydrogen) atoms. The van der Waals surface area contributed by atoms with Crippen LogP contribution in [0.15, 0.2) is 0 Å². The van der Waals surface area contributed by atoms with Gasteiger partial charge in [0.05, 0.1) is 26.4 Å². The van der Waals surface area contributed by atoms with Crippen LogP contribution >= 0.6 is 0 Å². The van der Waals surface area contributed by atoms with Crippen molar-refractivity contribution in [3.8, 4) is 0 Å². The quantitative estimate of drug-likeness (QED) is 0.101. The average Bonchev–Trinajstić information content (AvgIpc) is 3.51.